The quantitative estimate of drug-likeness (QED) is 0.624. The molecule has 22 heavy (non-hydrogen) atoms. The highest BCUT2D eigenvalue weighted by Crippen LogP contribution is 2.18. The second kappa shape index (κ2) is 8.96. The van der Waals surface area contributed by atoms with E-state index in [1.165, 1.54) is 6.07 Å². The summed E-state index contributed by atoms with van der Waals surface area (Å²) in [6.07, 6.45) is 2.90. The summed E-state index contributed by atoms with van der Waals surface area (Å²) < 4.78 is 19.3. The van der Waals surface area contributed by atoms with E-state index in [1.54, 1.807) is 12.1 Å². The number of aliphatic imine (C=N–C) groups is 1. The van der Waals surface area contributed by atoms with Gasteiger partial charge in [-0.25, -0.2) is 4.39 Å². The first-order valence-corrected chi connectivity index (χ1v) is 8.15. The number of benzene rings is 1. The van der Waals surface area contributed by atoms with Crippen LogP contribution >= 0.6 is 11.6 Å². The van der Waals surface area contributed by atoms with Crippen molar-refractivity contribution in [2.24, 2.45) is 4.99 Å². The maximum absolute atomic E-state index is 13.7. The van der Waals surface area contributed by atoms with Crippen molar-refractivity contribution in [1.82, 2.24) is 10.6 Å². The van der Waals surface area contributed by atoms with Gasteiger partial charge in [-0.2, -0.15) is 0 Å². The van der Waals surface area contributed by atoms with Gasteiger partial charge in [0.05, 0.1) is 12.6 Å². The van der Waals surface area contributed by atoms with Crippen LogP contribution in [0.3, 0.4) is 0 Å². The van der Waals surface area contributed by atoms with Gasteiger partial charge in [-0.1, -0.05) is 17.7 Å². The second-order valence-corrected chi connectivity index (χ2v) is 5.64. The van der Waals surface area contributed by atoms with Crippen LogP contribution in [0.15, 0.2) is 23.2 Å². The van der Waals surface area contributed by atoms with Crippen molar-refractivity contribution >= 4 is 17.6 Å². The lowest BCUT2D eigenvalue weighted by Gasteiger charge is -2.13. The minimum atomic E-state index is -0.268. The smallest absolute Gasteiger partial charge is 0.191 e. The summed E-state index contributed by atoms with van der Waals surface area (Å²) in [5.74, 6) is 0.459. The van der Waals surface area contributed by atoms with Crippen molar-refractivity contribution in [2.45, 2.75) is 32.3 Å². The fraction of sp³-hybridized carbons (Fsp3) is 0.562. The van der Waals surface area contributed by atoms with E-state index in [2.05, 4.69) is 15.6 Å². The number of nitrogens with one attached hydrogen (secondary N) is 2. The first-order valence-electron chi connectivity index (χ1n) is 7.77. The van der Waals surface area contributed by atoms with Gasteiger partial charge in [-0.15, -0.1) is 0 Å². The minimum Gasteiger partial charge on any atom is -0.376 e. The zero-order valence-electron chi connectivity index (χ0n) is 12.9. The highest BCUT2D eigenvalue weighted by Gasteiger charge is 2.15. The van der Waals surface area contributed by atoms with Crippen molar-refractivity contribution in [2.75, 3.05) is 26.2 Å². The molecule has 0 aliphatic carbocycles. The van der Waals surface area contributed by atoms with Gasteiger partial charge >= 0.3 is 0 Å². The van der Waals surface area contributed by atoms with Gasteiger partial charge in [0, 0.05) is 30.3 Å². The monoisotopic (exact) mass is 327 g/mol. The minimum absolute atomic E-state index is 0.219. The predicted molar refractivity (Wildman–Crippen MR) is 88.1 cm³/mol. The Morgan fingerprint density at radius 1 is 1.45 bits per heavy atom. The number of hydrogen-bond donors (Lipinski definition) is 2. The molecular weight excluding hydrogens is 305 g/mol. The summed E-state index contributed by atoms with van der Waals surface area (Å²) in [6, 6.07) is 4.75. The molecule has 1 aromatic rings. The molecule has 1 unspecified atom stereocenters. The molecule has 1 aliphatic heterocycles. The number of ether oxygens (including phenoxy) is 1. The second-order valence-electron chi connectivity index (χ2n) is 5.23. The lowest BCUT2D eigenvalue weighted by Crippen LogP contribution is -2.39. The van der Waals surface area contributed by atoms with Crippen LogP contribution in [0.5, 0.6) is 0 Å². The summed E-state index contributed by atoms with van der Waals surface area (Å²) in [4.78, 5) is 4.51. The van der Waals surface area contributed by atoms with E-state index in [4.69, 9.17) is 16.3 Å². The summed E-state index contributed by atoms with van der Waals surface area (Å²) in [6.45, 7) is 4.83. The van der Waals surface area contributed by atoms with Gasteiger partial charge in [0.2, 0.25) is 0 Å². The van der Waals surface area contributed by atoms with E-state index in [1.807, 2.05) is 6.92 Å². The molecule has 1 aromatic carbocycles. The molecule has 0 saturated carbocycles. The number of rotatable bonds is 6. The number of nitrogens with zero attached hydrogens (tertiary/aromatic N) is 1. The van der Waals surface area contributed by atoms with Crippen LogP contribution in [0.2, 0.25) is 5.02 Å². The molecule has 2 rings (SSSR count). The van der Waals surface area contributed by atoms with Gasteiger partial charge in [0.25, 0.3) is 0 Å². The van der Waals surface area contributed by atoms with E-state index >= 15 is 0 Å². The highest BCUT2D eigenvalue weighted by atomic mass is 35.5. The molecule has 1 aliphatic rings. The average molecular weight is 328 g/mol. The molecule has 122 valence electrons. The molecule has 0 amide bonds. The zero-order valence-corrected chi connectivity index (χ0v) is 13.6. The fourth-order valence-corrected chi connectivity index (χ4v) is 2.66. The van der Waals surface area contributed by atoms with Gasteiger partial charge in [-0.3, -0.25) is 4.99 Å². The van der Waals surface area contributed by atoms with Crippen LogP contribution in [0.4, 0.5) is 4.39 Å². The zero-order chi connectivity index (χ0) is 15.8. The molecule has 2 N–H and O–H groups in total. The van der Waals surface area contributed by atoms with Crippen LogP contribution in [0, 0.1) is 5.82 Å². The molecule has 1 atom stereocenters. The van der Waals surface area contributed by atoms with Gasteiger partial charge in [0.1, 0.15) is 5.82 Å². The largest absolute Gasteiger partial charge is 0.376 e. The Morgan fingerprint density at radius 2 is 2.32 bits per heavy atom. The lowest BCUT2D eigenvalue weighted by molar-refractivity contribution is 0.117. The Balaban J connectivity index is 1.84. The molecule has 0 radical (unpaired) electrons. The van der Waals surface area contributed by atoms with Gasteiger partial charge < -0.3 is 15.4 Å². The van der Waals surface area contributed by atoms with Crippen molar-refractivity contribution < 1.29 is 9.13 Å². The Bertz CT molecular complexity index is 484. The molecule has 0 aromatic heterocycles. The molecule has 4 nitrogen and oxygen atoms in total. The summed E-state index contributed by atoms with van der Waals surface area (Å²) >= 11 is 6.02. The number of hydrogen-bond acceptors (Lipinski definition) is 2. The third-order valence-electron chi connectivity index (χ3n) is 3.55. The molecular formula is C16H23ClFN3O. The lowest BCUT2D eigenvalue weighted by atomic mass is 10.1. The maximum atomic E-state index is 13.7. The Morgan fingerprint density at radius 3 is 3.00 bits per heavy atom. The number of halogens is 2. The normalized spacial score (nSPS) is 18.5. The molecule has 1 heterocycles. The molecule has 0 bridgehead atoms. The van der Waals surface area contributed by atoms with Gasteiger partial charge in [-0.05, 0) is 38.3 Å². The maximum Gasteiger partial charge on any atom is 0.191 e. The van der Waals surface area contributed by atoms with Crippen molar-refractivity contribution in [1.29, 1.82) is 0 Å². The van der Waals surface area contributed by atoms with Crippen LogP contribution in [0.25, 0.3) is 0 Å². The molecule has 1 fully saturated rings. The summed E-state index contributed by atoms with van der Waals surface area (Å²) in [7, 11) is 0. The van der Waals surface area contributed by atoms with E-state index in [0.29, 0.717) is 30.1 Å². The van der Waals surface area contributed by atoms with Crippen LogP contribution < -0.4 is 10.6 Å². The summed E-state index contributed by atoms with van der Waals surface area (Å²) in [5.41, 5.74) is 0.534. The summed E-state index contributed by atoms with van der Waals surface area (Å²) in [5, 5.41) is 6.85. The first kappa shape index (κ1) is 17.0. The third-order valence-corrected chi connectivity index (χ3v) is 3.90. The van der Waals surface area contributed by atoms with Crippen LogP contribution in [-0.4, -0.2) is 38.3 Å². The van der Waals surface area contributed by atoms with Crippen LogP contribution in [0.1, 0.15) is 25.3 Å². The Kier molecular flexibility index (Phi) is 6.93. The molecule has 0 spiro atoms. The van der Waals surface area contributed by atoms with Gasteiger partial charge in [0.15, 0.2) is 5.96 Å². The van der Waals surface area contributed by atoms with E-state index in [9.17, 15) is 4.39 Å². The van der Waals surface area contributed by atoms with E-state index < -0.39 is 0 Å². The highest BCUT2D eigenvalue weighted by molar-refractivity contribution is 6.31. The fourth-order valence-electron chi connectivity index (χ4n) is 2.40. The Labute approximate surface area is 136 Å². The van der Waals surface area contributed by atoms with E-state index in [0.717, 1.165) is 32.0 Å². The topological polar surface area (TPSA) is 45.7 Å². The molecule has 1 saturated heterocycles. The predicted octanol–water partition coefficient (Wildman–Crippen LogP) is 2.76. The third kappa shape index (κ3) is 5.14. The molecule has 6 heteroatoms. The first-order chi connectivity index (χ1) is 10.7. The Hall–Kier alpha value is -1.33. The average Bonchev–Trinajstić information content (AvgIpc) is 3.01. The van der Waals surface area contributed by atoms with Crippen molar-refractivity contribution in [3.63, 3.8) is 0 Å². The SMILES string of the molecule is CCNC(=NCC1CCCO1)NCCc1c(F)cccc1Cl. The van der Waals surface area contributed by atoms with Crippen molar-refractivity contribution in [3.8, 4) is 0 Å². The van der Waals surface area contributed by atoms with Crippen LogP contribution in [-0.2, 0) is 11.2 Å². The van der Waals surface area contributed by atoms with Crippen molar-refractivity contribution in [3.05, 3.63) is 34.6 Å². The number of guanidine groups is 1. The van der Waals surface area contributed by atoms with E-state index in [-0.39, 0.29) is 11.9 Å². The standard InChI is InChI=1S/C16H23ClFN3O/c1-2-19-16(21-11-12-5-4-10-22-12)20-9-8-13-14(17)6-3-7-15(13)18/h3,6-7,12H,2,4-5,8-11H2,1H3,(H2,19,20,21).